The van der Waals surface area contributed by atoms with Crippen LogP contribution in [0.3, 0.4) is 0 Å². The van der Waals surface area contributed by atoms with Crippen molar-refractivity contribution in [3.63, 3.8) is 0 Å². The van der Waals surface area contributed by atoms with Crippen LogP contribution < -0.4 is 4.90 Å². The molecule has 1 N–H and O–H groups in total. The summed E-state index contributed by atoms with van der Waals surface area (Å²) >= 11 is 5.74. The van der Waals surface area contributed by atoms with E-state index in [2.05, 4.69) is 11.5 Å². The molecular weight excluding hydrogens is 335 g/mol. The van der Waals surface area contributed by atoms with E-state index in [0.717, 1.165) is 24.3 Å². The molecular formula is C19H26FN4S+. The molecule has 4 nitrogen and oxygen atoms in total. The smallest absolute Gasteiger partial charge is 0.203 e. The number of benzene rings is 1. The minimum atomic E-state index is -0.228. The van der Waals surface area contributed by atoms with E-state index in [-0.39, 0.29) is 5.82 Å². The highest BCUT2D eigenvalue weighted by Gasteiger charge is 2.31. The highest BCUT2D eigenvalue weighted by atomic mass is 32.1. The van der Waals surface area contributed by atoms with Gasteiger partial charge in [-0.3, -0.25) is 4.57 Å². The summed E-state index contributed by atoms with van der Waals surface area (Å²) in [5.74, 6) is 0.461. The summed E-state index contributed by atoms with van der Waals surface area (Å²) in [5.41, 5.74) is 0.555. The number of rotatable bonds is 5. The minimum absolute atomic E-state index is 0.228. The Hall–Kier alpha value is -1.53. The lowest BCUT2D eigenvalue weighted by molar-refractivity contribution is -0.953. The van der Waals surface area contributed by atoms with E-state index in [1.807, 2.05) is 10.7 Å². The van der Waals surface area contributed by atoms with E-state index in [1.165, 1.54) is 38.3 Å². The van der Waals surface area contributed by atoms with E-state index in [1.54, 1.807) is 17.0 Å². The number of hydrogen-bond donors (Lipinski definition) is 1. The zero-order valence-electron chi connectivity index (χ0n) is 14.7. The molecule has 1 aromatic heterocycles. The van der Waals surface area contributed by atoms with Gasteiger partial charge in [0.05, 0.1) is 18.2 Å². The molecule has 134 valence electrons. The maximum absolute atomic E-state index is 14.4. The predicted octanol–water partition coefficient (Wildman–Crippen LogP) is 3.36. The molecule has 2 fully saturated rings. The molecule has 2 aromatic rings. The van der Waals surface area contributed by atoms with Crippen molar-refractivity contribution in [2.24, 2.45) is 0 Å². The molecule has 1 aliphatic carbocycles. The molecule has 1 saturated heterocycles. The van der Waals surface area contributed by atoms with Crippen LogP contribution in [0.5, 0.6) is 0 Å². The van der Waals surface area contributed by atoms with Crippen molar-refractivity contribution in [2.75, 3.05) is 6.54 Å². The van der Waals surface area contributed by atoms with Gasteiger partial charge < -0.3 is 4.90 Å². The quantitative estimate of drug-likeness (QED) is 0.827. The third-order valence-corrected chi connectivity index (χ3v) is 6.03. The molecule has 0 spiro atoms. The van der Waals surface area contributed by atoms with Crippen molar-refractivity contribution in [3.8, 4) is 11.4 Å². The molecule has 2 aliphatic rings. The first-order valence-electron chi connectivity index (χ1n) is 9.48. The average molecular weight is 362 g/mol. The van der Waals surface area contributed by atoms with Crippen LogP contribution in [0, 0.1) is 10.6 Å². The van der Waals surface area contributed by atoms with Crippen LogP contribution in [0.4, 0.5) is 4.39 Å². The van der Waals surface area contributed by atoms with Crippen molar-refractivity contribution in [2.45, 2.75) is 64.2 Å². The van der Waals surface area contributed by atoms with Crippen molar-refractivity contribution in [3.05, 3.63) is 34.9 Å². The fraction of sp³-hybridized carbons (Fsp3) is 0.579. The Kier molecular flexibility index (Phi) is 4.73. The standard InChI is InChI=1S/C19H25FN4S/c1-2-14-7-5-6-12-22(14)13-23-19(25)24(15-10-11-15)18(21-23)16-8-3-4-9-17(16)20/h3-4,8-9,14-15H,2,5-7,10-13H2,1H3/p+1/t14-/m0/s1. The summed E-state index contributed by atoms with van der Waals surface area (Å²) in [6, 6.07) is 7.94. The number of nitrogens with one attached hydrogen (secondary N) is 1. The Morgan fingerprint density at radius 1 is 1.24 bits per heavy atom. The summed E-state index contributed by atoms with van der Waals surface area (Å²) in [6.45, 7) is 4.23. The van der Waals surface area contributed by atoms with Crippen molar-refractivity contribution < 1.29 is 9.29 Å². The van der Waals surface area contributed by atoms with E-state index in [0.29, 0.717) is 23.5 Å². The number of hydrogen-bond acceptors (Lipinski definition) is 2. The molecule has 0 amide bonds. The Morgan fingerprint density at radius 2 is 2.04 bits per heavy atom. The fourth-order valence-corrected chi connectivity index (χ4v) is 4.40. The van der Waals surface area contributed by atoms with Crippen LogP contribution in [0.2, 0.25) is 0 Å². The fourth-order valence-electron chi connectivity index (χ4n) is 4.06. The van der Waals surface area contributed by atoms with Crippen LogP contribution in [-0.2, 0) is 6.67 Å². The topological polar surface area (TPSA) is 27.2 Å². The maximum atomic E-state index is 14.4. The van der Waals surface area contributed by atoms with E-state index >= 15 is 0 Å². The summed E-state index contributed by atoms with van der Waals surface area (Å²) in [7, 11) is 0. The van der Waals surface area contributed by atoms with Crippen molar-refractivity contribution in [1.82, 2.24) is 14.3 Å². The summed E-state index contributed by atoms with van der Waals surface area (Å²) in [4.78, 5) is 1.56. The van der Waals surface area contributed by atoms with Gasteiger partial charge in [0.25, 0.3) is 0 Å². The molecule has 1 aromatic carbocycles. The Labute approximate surface area is 153 Å². The average Bonchev–Trinajstić information content (AvgIpc) is 3.41. The SMILES string of the molecule is CC[C@H]1CCCC[NH+]1Cn1nc(-c2ccccc2F)n(C2CC2)c1=S. The van der Waals surface area contributed by atoms with E-state index < -0.39 is 0 Å². The number of aromatic nitrogens is 3. The molecule has 2 heterocycles. The first-order valence-corrected chi connectivity index (χ1v) is 9.88. The largest absolute Gasteiger partial charge is 0.314 e. The van der Waals surface area contributed by atoms with Crippen molar-refractivity contribution in [1.29, 1.82) is 0 Å². The van der Waals surface area contributed by atoms with Gasteiger partial charge in [-0.1, -0.05) is 19.1 Å². The minimum Gasteiger partial charge on any atom is -0.314 e. The van der Waals surface area contributed by atoms with E-state index in [9.17, 15) is 4.39 Å². The summed E-state index contributed by atoms with van der Waals surface area (Å²) in [6.07, 6.45) is 7.27. The molecule has 0 bridgehead atoms. The molecule has 0 radical (unpaired) electrons. The lowest BCUT2D eigenvalue weighted by Crippen LogP contribution is -3.15. The van der Waals surface area contributed by atoms with Crippen LogP contribution >= 0.6 is 12.2 Å². The van der Waals surface area contributed by atoms with Gasteiger partial charge in [0, 0.05) is 6.04 Å². The number of likely N-dealkylation sites (tertiary alicyclic amines) is 1. The second kappa shape index (κ2) is 7.00. The summed E-state index contributed by atoms with van der Waals surface area (Å²) in [5, 5.41) is 4.78. The highest BCUT2D eigenvalue weighted by molar-refractivity contribution is 7.71. The molecule has 1 aliphatic heterocycles. The second-order valence-electron chi connectivity index (χ2n) is 7.35. The zero-order chi connectivity index (χ0) is 17.4. The van der Waals surface area contributed by atoms with Gasteiger partial charge in [0.1, 0.15) is 5.82 Å². The first-order chi connectivity index (χ1) is 12.2. The molecule has 4 rings (SSSR count). The maximum Gasteiger partial charge on any atom is 0.203 e. The molecule has 25 heavy (non-hydrogen) atoms. The zero-order valence-corrected chi connectivity index (χ0v) is 15.6. The summed E-state index contributed by atoms with van der Waals surface area (Å²) < 4.78 is 19.1. The molecule has 1 saturated carbocycles. The Bertz CT molecular complexity index is 808. The van der Waals surface area contributed by atoms with Crippen LogP contribution in [0.25, 0.3) is 11.4 Å². The van der Waals surface area contributed by atoms with Gasteiger partial charge >= 0.3 is 0 Å². The van der Waals surface area contributed by atoms with Gasteiger partial charge in [-0.2, -0.15) is 4.68 Å². The van der Waals surface area contributed by atoms with E-state index in [4.69, 9.17) is 17.3 Å². The van der Waals surface area contributed by atoms with Crippen molar-refractivity contribution >= 4 is 12.2 Å². The molecule has 2 atom stereocenters. The number of piperidine rings is 1. The highest BCUT2D eigenvalue weighted by Crippen LogP contribution is 2.38. The normalized spacial score (nSPS) is 23.8. The number of nitrogens with zero attached hydrogens (tertiary/aromatic N) is 3. The van der Waals surface area contributed by atoms with Gasteiger partial charge in [-0.05, 0) is 62.9 Å². The molecule has 6 heteroatoms. The van der Waals surface area contributed by atoms with Gasteiger partial charge in [-0.25, -0.2) is 4.39 Å². The lowest BCUT2D eigenvalue weighted by Gasteiger charge is -2.31. The third-order valence-electron chi connectivity index (χ3n) is 5.62. The monoisotopic (exact) mass is 361 g/mol. The second-order valence-corrected chi connectivity index (χ2v) is 7.72. The van der Waals surface area contributed by atoms with Crippen LogP contribution in [0.15, 0.2) is 24.3 Å². The van der Waals surface area contributed by atoms with Crippen LogP contribution in [0.1, 0.15) is 51.5 Å². The number of halogens is 1. The lowest BCUT2D eigenvalue weighted by atomic mass is 10.0. The Balaban J connectivity index is 1.71. The van der Waals surface area contributed by atoms with Gasteiger partial charge in [0.15, 0.2) is 12.5 Å². The first kappa shape index (κ1) is 16.9. The molecule has 1 unspecified atom stereocenters. The number of quaternary nitrogens is 1. The van der Waals surface area contributed by atoms with Gasteiger partial charge in [-0.15, -0.1) is 5.10 Å². The third kappa shape index (κ3) is 3.29. The van der Waals surface area contributed by atoms with Gasteiger partial charge in [0.2, 0.25) is 4.77 Å². The Morgan fingerprint density at radius 3 is 2.76 bits per heavy atom. The predicted molar refractivity (Wildman–Crippen MR) is 98.5 cm³/mol. The van der Waals surface area contributed by atoms with Crippen LogP contribution in [-0.4, -0.2) is 26.9 Å².